The van der Waals surface area contributed by atoms with E-state index in [2.05, 4.69) is 4.99 Å². The van der Waals surface area contributed by atoms with Gasteiger partial charge in [-0.25, -0.2) is 14.4 Å². The van der Waals surface area contributed by atoms with Gasteiger partial charge in [-0.15, -0.1) is 0 Å². The molecule has 11 nitrogen and oxygen atoms in total. The van der Waals surface area contributed by atoms with Gasteiger partial charge < -0.3 is 21.1 Å². The molecule has 9 rings (SSSR count). The van der Waals surface area contributed by atoms with Gasteiger partial charge in [0.25, 0.3) is 17.7 Å². The van der Waals surface area contributed by atoms with Crippen LogP contribution in [0.2, 0.25) is 5.02 Å². The molecular formula is C51H47ClFN7O4. The Morgan fingerprint density at radius 2 is 1.17 bits per heavy atom. The number of aliphatic imine (C=N–C) groups is 2. The highest BCUT2D eigenvalue weighted by Crippen LogP contribution is 2.42. The molecule has 0 saturated carbocycles. The van der Waals surface area contributed by atoms with E-state index in [4.69, 9.17) is 32.8 Å². The van der Waals surface area contributed by atoms with Crippen molar-refractivity contribution in [3.63, 3.8) is 0 Å². The Bertz CT molecular complexity index is 2660. The minimum atomic E-state index is -1.21. The van der Waals surface area contributed by atoms with E-state index in [9.17, 15) is 18.8 Å². The molecule has 1 unspecified atom stereocenters. The number of halogens is 2. The first-order valence-electron chi connectivity index (χ1n) is 21.0. The summed E-state index contributed by atoms with van der Waals surface area (Å²) >= 11 is 6.15. The fraction of sp³-hybridized carbons (Fsp3) is 0.196. The Hall–Kier alpha value is -7.31. The van der Waals surface area contributed by atoms with Crippen molar-refractivity contribution in [1.29, 1.82) is 0 Å². The molecule has 6 aromatic rings. The van der Waals surface area contributed by atoms with Crippen LogP contribution in [-0.2, 0) is 25.5 Å². The average molecular weight is 876 g/mol. The third kappa shape index (κ3) is 8.56. The Morgan fingerprint density at radius 3 is 1.70 bits per heavy atom. The second kappa shape index (κ2) is 18.6. The number of ether oxygens (including phenoxy) is 1. The monoisotopic (exact) mass is 875 g/mol. The fourth-order valence-electron chi connectivity index (χ4n) is 8.50. The normalized spacial score (nSPS) is 18.3. The van der Waals surface area contributed by atoms with Gasteiger partial charge in [0, 0.05) is 31.7 Å². The minimum absolute atomic E-state index is 0.100. The third-order valence-electron chi connectivity index (χ3n) is 12.0. The van der Waals surface area contributed by atoms with Gasteiger partial charge in [0.05, 0.1) is 0 Å². The first-order valence-corrected chi connectivity index (χ1v) is 21.4. The Kier molecular flexibility index (Phi) is 12.6. The summed E-state index contributed by atoms with van der Waals surface area (Å²) in [6, 6.07) is 49.6. The topological polar surface area (TPSA) is 147 Å². The van der Waals surface area contributed by atoms with E-state index in [-0.39, 0.29) is 48.0 Å². The van der Waals surface area contributed by atoms with Gasteiger partial charge in [0.15, 0.2) is 29.6 Å². The number of carbonyl (C=O) groups excluding carboxylic acids is 3. The molecule has 4 N–H and O–H groups in total. The first kappa shape index (κ1) is 43.3. The van der Waals surface area contributed by atoms with Crippen molar-refractivity contribution < 1.29 is 23.5 Å². The van der Waals surface area contributed by atoms with Crippen molar-refractivity contribution >= 4 is 41.2 Å². The summed E-state index contributed by atoms with van der Waals surface area (Å²) in [4.78, 5) is 54.0. The Labute approximate surface area is 376 Å². The van der Waals surface area contributed by atoms with E-state index in [1.165, 1.54) is 29.2 Å². The molecule has 3 aliphatic heterocycles. The molecule has 3 aliphatic rings. The molecule has 1 atom stereocenters. The molecule has 0 aromatic heterocycles. The summed E-state index contributed by atoms with van der Waals surface area (Å²) in [6.45, 7) is 1.48. The van der Waals surface area contributed by atoms with Gasteiger partial charge in [0.1, 0.15) is 11.6 Å². The minimum Gasteiger partial charge on any atom is -0.484 e. The number of benzene rings is 6. The van der Waals surface area contributed by atoms with Crippen LogP contribution in [0.25, 0.3) is 11.1 Å². The fourth-order valence-corrected chi connectivity index (χ4v) is 8.69. The van der Waals surface area contributed by atoms with E-state index in [1.54, 1.807) is 16.8 Å². The number of hydrogen-bond acceptors (Lipinski definition) is 8. The Balaban J connectivity index is 0.000000184. The highest BCUT2D eigenvalue weighted by Gasteiger charge is 2.51. The largest absolute Gasteiger partial charge is 0.484 e. The van der Waals surface area contributed by atoms with Gasteiger partial charge in [-0.1, -0.05) is 133 Å². The van der Waals surface area contributed by atoms with Crippen molar-refractivity contribution in [3.05, 3.63) is 197 Å². The quantitative estimate of drug-likeness (QED) is 0.145. The maximum Gasteiger partial charge on any atom is 0.266 e. The van der Waals surface area contributed by atoms with E-state index < -0.39 is 11.1 Å². The molecule has 0 spiro atoms. The number of likely N-dealkylation sites (tertiary alicyclic amines) is 1. The zero-order chi connectivity index (χ0) is 44.8. The number of hydrogen-bond donors (Lipinski definition) is 2. The lowest BCUT2D eigenvalue weighted by molar-refractivity contribution is -0.135. The molecule has 64 heavy (non-hydrogen) atoms. The van der Waals surface area contributed by atoms with Crippen LogP contribution in [0.5, 0.6) is 5.75 Å². The zero-order valence-electron chi connectivity index (χ0n) is 35.2. The molecule has 0 aliphatic carbocycles. The number of guanidine groups is 2. The smallest absolute Gasteiger partial charge is 0.266 e. The van der Waals surface area contributed by atoms with Crippen molar-refractivity contribution in [2.24, 2.45) is 27.4 Å². The highest BCUT2D eigenvalue weighted by atomic mass is 35.5. The van der Waals surface area contributed by atoms with E-state index in [0.29, 0.717) is 30.4 Å². The van der Waals surface area contributed by atoms with Gasteiger partial charge in [-0.05, 0) is 94.6 Å². The molecule has 324 valence electrons. The number of nitrogens with two attached hydrogens (primary N) is 2. The van der Waals surface area contributed by atoms with Crippen molar-refractivity contribution in [3.8, 4) is 16.9 Å². The van der Waals surface area contributed by atoms with Crippen LogP contribution in [0.1, 0.15) is 35.1 Å². The standard InChI is InChI=1S/C29H29FN4O3.C22H18ClN3O/c30-24-11-13-25(14-12-24)37-20-26(35)33-17-15-21(16-18-33)19-34-27(36)29(32-28(34)31,22-7-3-1-4-8-22)23-9-5-2-6-10-23;1-26-20(27)22(25-21(26)24,17-9-3-2-4-10-17)18-11-5-7-15(13-18)16-8-6-12-19(23)14-16/h1-14,21H,15-20H2,(H2,31,32);2-14H,1H3,(H2,24,25). The van der Waals surface area contributed by atoms with Crippen LogP contribution in [0.3, 0.4) is 0 Å². The van der Waals surface area contributed by atoms with Crippen LogP contribution >= 0.6 is 11.6 Å². The maximum absolute atomic E-state index is 14.0. The van der Waals surface area contributed by atoms with E-state index >= 15 is 0 Å². The molecule has 13 heteroatoms. The SMILES string of the molecule is CN1C(=O)C(c2ccccc2)(c2cccc(-c3cccc(Cl)c3)c2)N=C1N.NC1=NC(c2ccccc2)(c2ccccc2)C(=O)N1CC1CCN(C(=O)COc2ccc(F)cc2)CC1. The molecule has 0 bridgehead atoms. The number of rotatable bonds is 10. The molecule has 0 radical (unpaired) electrons. The van der Waals surface area contributed by atoms with Crippen LogP contribution in [0.15, 0.2) is 174 Å². The average Bonchev–Trinajstić information content (AvgIpc) is 3.73. The van der Waals surface area contributed by atoms with Crippen LogP contribution in [-0.4, -0.2) is 77.6 Å². The molecule has 6 aromatic carbocycles. The lowest BCUT2D eigenvalue weighted by Crippen LogP contribution is -2.48. The molecule has 1 saturated heterocycles. The number of amides is 3. The summed E-state index contributed by atoms with van der Waals surface area (Å²) in [5.74, 6) is 0.249. The van der Waals surface area contributed by atoms with Crippen LogP contribution in [0, 0.1) is 11.7 Å². The molecule has 1 fully saturated rings. The van der Waals surface area contributed by atoms with Gasteiger partial charge in [-0.2, -0.15) is 0 Å². The summed E-state index contributed by atoms with van der Waals surface area (Å²) in [5, 5.41) is 0.662. The van der Waals surface area contributed by atoms with Crippen molar-refractivity contribution in [2.45, 2.75) is 23.9 Å². The third-order valence-corrected chi connectivity index (χ3v) is 12.2. The molecular weight excluding hydrogens is 829 g/mol. The van der Waals surface area contributed by atoms with Crippen molar-refractivity contribution in [2.75, 3.05) is 33.3 Å². The second-order valence-electron chi connectivity index (χ2n) is 15.9. The number of likely N-dealkylation sites (N-methyl/N-ethyl adjacent to an activating group) is 1. The van der Waals surface area contributed by atoms with Gasteiger partial charge >= 0.3 is 0 Å². The number of nitrogens with zero attached hydrogens (tertiary/aromatic N) is 5. The summed E-state index contributed by atoms with van der Waals surface area (Å²) in [5.41, 5.74) is 15.0. The van der Waals surface area contributed by atoms with Gasteiger partial charge in [-0.3, -0.25) is 24.2 Å². The van der Waals surface area contributed by atoms with Crippen LogP contribution < -0.4 is 16.2 Å². The maximum atomic E-state index is 14.0. The first-order chi connectivity index (χ1) is 31.0. The summed E-state index contributed by atoms with van der Waals surface area (Å²) in [7, 11) is 1.65. The molecule has 3 amide bonds. The van der Waals surface area contributed by atoms with Gasteiger partial charge in [0.2, 0.25) is 0 Å². The second-order valence-corrected chi connectivity index (χ2v) is 16.3. The highest BCUT2D eigenvalue weighted by molar-refractivity contribution is 6.30. The van der Waals surface area contributed by atoms with Crippen molar-refractivity contribution in [1.82, 2.24) is 14.7 Å². The van der Waals surface area contributed by atoms with E-state index in [1.807, 2.05) is 140 Å². The number of carbonyl (C=O) groups is 3. The number of piperidine rings is 1. The lowest BCUT2D eigenvalue weighted by atomic mass is 9.82. The summed E-state index contributed by atoms with van der Waals surface area (Å²) in [6.07, 6.45) is 1.48. The van der Waals surface area contributed by atoms with E-state index in [0.717, 1.165) is 46.2 Å². The van der Waals surface area contributed by atoms with Crippen LogP contribution in [0.4, 0.5) is 4.39 Å². The predicted molar refractivity (Wildman–Crippen MR) is 247 cm³/mol. The molecule has 3 heterocycles. The lowest BCUT2D eigenvalue weighted by Gasteiger charge is -2.34. The zero-order valence-corrected chi connectivity index (χ0v) is 35.9. The Morgan fingerprint density at radius 1 is 0.672 bits per heavy atom. The predicted octanol–water partition coefficient (Wildman–Crippen LogP) is 7.58. The summed E-state index contributed by atoms with van der Waals surface area (Å²) < 4.78 is 18.6.